The van der Waals surface area contributed by atoms with E-state index in [9.17, 15) is 0 Å². The molecule has 1 fully saturated rings. The molecule has 0 aliphatic carbocycles. The van der Waals surface area contributed by atoms with Crippen LogP contribution in [0.2, 0.25) is 0 Å². The quantitative estimate of drug-likeness (QED) is 0.270. The Labute approximate surface area is 226 Å². The number of hydrogen-bond acceptors (Lipinski definition) is 5. The van der Waals surface area contributed by atoms with Crippen molar-refractivity contribution in [3.05, 3.63) is 89.0 Å². The number of rotatable bonds is 9. The predicted molar refractivity (Wildman–Crippen MR) is 150 cm³/mol. The third kappa shape index (κ3) is 5.90. The molecule has 3 atom stereocenters. The van der Waals surface area contributed by atoms with Crippen LogP contribution >= 0.6 is 0 Å². The minimum atomic E-state index is -0.275. The Morgan fingerprint density at radius 2 is 1.79 bits per heavy atom. The van der Waals surface area contributed by atoms with E-state index >= 15 is 0 Å². The molecule has 3 aromatic carbocycles. The van der Waals surface area contributed by atoms with Crippen LogP contribution in [-0.2, 0) is 9.47 Å². The van der Waals surface area contributed by atoms with Crippen LogP contribution in [0.3, 0.4) is 0 Å². The van der Waals surface area contributed by atoms with E-state index in [1.807, 2.05) is 24.3 Å². The normalized spacial score (nSPS) is 19.9. The molecule has 2 heterocycles. The SMILES string of the molecule is CCCC(OC)Oc1cccc(C2=C(C)c3cc(OC4CCCCO4)ccc3OC2c2ccc(C)cc2)c1. The first-order chi connectivity index (χ1) is 18.6. The Bertz CT molecular complexity index is 1260. The van der Waals surface area contributed by atoms with Crippen LogP contribution in [0.25, 0.3) is 11.1 Å². The zero-order valence-corrected chi connectivity index (χ0v) is 22.9. The van der Waals surface area contributed by atoms with Gasteiger partial charge in [-0.2, -0.15) is 0 Å². The highest BCUT2D eigenvalue weighted by Crippen LogP contribution is 2.48. The van der Waals surface area contributed by atoms with Crippen LogP contribution in [-0.4, -0.2) is 26.3 Å². The van der Waals surface area contributed by atoms with E-state index in [0.717, 1.165) is 83.8 Å². The van der Waals surface area contributed by atoms with Gasteiger partial charge in [0, 0.05) is 31.1 Å². The second-order valence-corrected chi connectivity index (χ2v) is 10.1. The number of methoxy groups -OCH3 is 1. The molecular formula is C33H38O5. The lowest BCUT2D eigenvalue weighted by Crippen LogP contribution is -2.25. The molecule has 5 heteroatoms. The highest BCUT2D eigenvalue weighted by Gasteiger charge is 2.30. The van der Waals surface area contributed by atoms with E-state index in [1.54, 1.807) is 7.11 Å². The van der Waals surface area contributed by atoms with Crippen molar-refractivity contribution < 1.29 is 23.7 Å². The van der Waals surface area contributed by atoms with E-state index in [1.165, 1.54) is 5.56 Å². The molecule has 0 saturated carbocycles. The molecule has 5 rings (SSSR count). The average molecular weight is 515 g/mol. The van der Waals surface area contributed by atoms with Crippen molar-refractivity contribution in [2.75, 3.05) is 13.7 Å². The molecular weight excluding hydrogens is 476 g/mol. The molecule has 3 unspecified atom stereocenters. The highest BCUT2D eigenvalue weighted by atomic mass is 16.7. The third-order valence-corrected chi connectivity index (χ3v) is 7.25. The van der Waals surface area contributed by atoms with Gasteiger partial charge in [0.25, 0.3) is 0 Å². The van der Waals surface area contributed by atoms with Crippen LogP contribution in [0.1, 0.15) is 74.3 Å². The lowest BCUT2D eigenvalue weighted by Gasteiger charge is -2.32. The van der Waals surface area contributed by atoms with Gasteiger partial charge in [0.15, 0.2) is 12.6 Å². The molecule has 3 aromatic rings. The van der Waals surface area contributed by atoms with Crippen LogP contribution in [0.15, 0.2) is 66.7 Å². The number of benzene rings is 3. The zero-order chi connectivity index (χ0) is 26.5. The largest absolute Gasteiger partial charge is 0.480 e. The summed E-state index contributed by atoms with van der Waals surface area (Å²) < 4.78 is 30.4. The van der Waals surface area contributed by atoms with Crippen molar-refractivity contribution >= 4 is 11.1 Å². The molecule has 2 aliphatic heterocycles. The van der Waals surface area contributed by atoms with E-state index in [-0.39, 0.29) is 18.7 Å². The Hall–Kier alpha value is -3.28. The summed E-state index contributed by atoms with van der Waals surface area (Å²) >= 11 is 0. The number of fused-ring (bicyclic) bond motifs is 1. The smallest absolute Gasteiger partial charge is 0.199 e. The second kappa shape index (κ2) is 12.1. The van der Waals surface area contributed by atoms with E-state index in [4.69, 9.17) is 23.7 Å². The third-order valence-electron chi connectivity index (χ3n) is 7.25. The van der Waals surface area contributed by atoms with Gasteiger partial charge in [-0.1, -0.05) is 55.3 Å². The molecule has 0 amide bonds. The summed E-state index contributed by atoms with van der Waals surface area (Å²) in [7, 11) is 1.69. The fourth-order valence-corrected chi connectivity index (χ4v) is 5.15. The van der Waals surface area contributed by atoms with Crippen molar-refractivity contribution in [3.63, 3.8) is 0 Å². The highest BCUT2D eigenvalue weighted by molar-refractivity contribution is 5.95. The minimum Gasteiger partial charge on any atom is -0.480 e. The molecule has 200 valence electrons. The molecule has 0 radical (unpaired) electrons. The van der Waals surface area contributed by atoms with Crippen LogP contribution < -0.4 is 14.2 Å². The maximum atomic E-state index is 6.71. The van der Waals surface area contributed by atoms with E-state index in [2.05, 4.69) is 63.2 Å². The Balaban J connectivity index is 1.54. The van der Waals surface area contributed by atoms with Crippen LogP contribution in [0.5, 0.6) is 17.2 Å². The standard InChI is InChI=1S/C33H38O5/c1-5-9-30(34-4)36-26-11-8-10-25(20-26)32-23(3)28-21-27(37-31-12-6-7-19-35-31)17-18-29(28)38-33(32)24-15-13-22(2)14-16-24/h8,10-11,13-18,20-21,30-31,33H,5-7,9,12,19H2,1-4H3. The van der Waals surface area contributed by atoms with Crippen molar-refractivity contribution in [1.29, 1.82) is 0 Å². The number of ether oxygens (including phenoxy) is 5. The van der Waals surface area contributed by atoms with E-state index in [0.29, 0.717) is 0 Å². The summed E-state index contributed by atoms with van der Waals surface area (Å²) in [6, 6.07) is 22.9. The Morgan fingerprint density at radius 1 is 0.947 bits per heavy atom. The maximum absolute atomic E-state index is 6.71. The van der Waals surface area contributed by atoms with Gasteiger partial charge in [-0.3, -0.25) is 0 Å². The first-order valence-corrected chi connectivity index (χ1v) is 13.7. The Kier molecular flexibility index (Phi) is 8.35. The summed E-state index contributed by atoms with van der Waals surface area (Å²) in [6.45, 7) is 7.15. The summed E-state index contributed by atoms with van der Waals surface area (Å²) in [4.78, 5) is 0. The lowest BCUT2D eigenvalue weighted by atomic mass is 9.86. The first-order valence-electron chi connectivity index (χ1n) is 13.7. The molecule has 0 bridgehead atoms. The second-order valence-electron chi connectivity index (χ2n) is 10.1. The molecule has 0 aromatic heterocycles. The molecule has 0 spiro atoms. The van der Waals surface area contributed by atoms with Gasteiger partial charge in [-0.15, -0.1) is 0 Å². The van der Waals surface area contributed by atoms with Crippen LogP contribution in [0, 0.1) is 6.92 Å². The van der Waals surface area contributed by atoms with Crippen molar-refractivity contribution in [2.24, 2.45) is 0 Å². The van der Waals surface area contributed by atoms with Crippen molar-refractivity contribution in [1.82, 2.24) is 0 Å². The van der Waals surface area contributed by atoms with Gasteiger partial charge in [0.05, 0.1) is 6.61 Å². The topological polar surface area (TPSA) is 46.2 Å². The van der Waals surface area contributed by atoms with E-state index < -0.39 is 0 Å². The van der Waals surface area contributed by atoms with Gasteiger partial charge in [0.1, 0.15) is 23.4 Å². The van der Waals surface area contributed by atoms with Crippen molar-refractivity contribution in [2.45, 2.75) is 71.6 Å². The van der Waals surface area contributed by atoms with Gasteiger partial charge in [-0.25, -0.2) is 0 Å². The van der Waals surface area contributed by atoms with Crippen molar-refractivity contribution in [3.8, 4) is 17.2 Å². The molecule has 2 aliphatic rings. The molecule has 38 heavy (non-hydrogen) atoms. The Morgan fingerprint density at radius 3 is 2.53 bits per heavy atom. The number of aryl methyl sites for hydroxylation is 1. The minimum absolute atomic E-state index is 0.193. The summed E-state index contributed by atoms with van der Waals surface area (Å²) in [5.41, 5.74) is 6.69. The molecule has 1 saturated heterocycles. The summed E-state index contributed by atoms with van der Waals surface area (Å²) in [6.07, 6.45) is 4.23. The summed E-state index contributed by atoms with van der Waals surface area (Å²) in [5.74, 6) is 2.43. The zero-order valence-electron chi connectivity index (χ0n) is 22.9. The van der Waals surface area contributed by atoms with Gasteiger partial charge in [0.2, 0.25) is 0 Å². The first kappa shape index (κ1) is 26.3. The number of hydrogen-bond donors (Lipinski definition) is 0. The van der Waals surface area contributed by atoms with Gasteiger partial charge >= 0.3 is 0 Å². The van der Waals surface area contributed by atoms with Gasteiger partial charge < -0.3 is 23.7 Å². The lowest BCUT2D eigenvalue weighted by molar-refractivity contribution is -0.105. The fourth-order valence-electron chi connectivity index (χ4n) is 5.15. The maximum Gasteiger partial charge on any atom is 0.199 e. The number of allylic oxidation sites excluding steroid dienone is 1. The predicted octanol–water partition coefficient (Wildman–Crippen LogP) is 8.12. The molecule has 5 nitrogen and oxygen atoms in total. The average Bonchev–Trinajstić information content (AvgIpc) is 2.94. The molecule has 0 N–H and O–H groups in total. The van der Waals surface area contributed by atoms with Gasteiger partial charge in [-0.05, 0) is 73.7 Å². The monoisotopic (exact) mass is 514 g/mol. The fraction of sp³-hybridized carbons (Fsp3) is 0.394. The van der Waals surface area contributed by atoms with Crippen LogP contribution in [0.4, 0.5) is 0 Å². The summed E-state index contributed by atoms with van der Waals surface area (Å²) in [5, 5.41) is 0.